The van der Waals surface area contributed by atoms with Crippen LogP contribution in [0.1, 0.15) is 45.6 Å². The lowest BCUT2D eigenvalue weighted by atomic mass is 9.87. The molecular weight excluding hydrogens is 331 g/mol. The normalized spacial score (nSPS) is 21.6. The number of nitrogens with one attached hydrogen (secondary N) is 1. The second-order valence-corrected chi connectivity index (χ2v) is 6.97. The number of aryl methyl sites for hydroxylation is 1. The highest BCUT2D eigenvalue weighted by Gasteiger charge is 2.36. The summed E-state index contributed by atoms with van der Waals surface area (Å²) in [5.41, 5.74) is 2.33. The van der Waals surface area contributed by atoms with Crippen LogP contribution in [0.2, 0.25) is 0 Å². The van der Waals surface area contributed by atoms with Crippen LogP contribution < -0.4 is 10.2 Å². The predicted molar refractivity (Wildman–Crippen MR) is 91.6 cm³/mol. The third kappa shape index (κ3) is 3.26. The van der Waals surface area contributed by atoms with Gasteiger partial charge in [-0.15, -0.1) is 0 Å². The van der Waals surface area contributed by atoms with E-state index >= 15 is 0 Å². The Bertz CT molecular complexity index is 500. The summed E-state index contributed by atoms with van der Waals surface area (Å²) in [6.07, 6.45) is 3.31. The molecule has 1 aliphatic heterocycles. The minimum atomic E-state index is -0.184. The summed E-state index contributed by atoms with van der Waals surface area (Å²) >= 11 is 3.33. The topological polar surface area (TPSA) is 15.3 Å². The summed E-state index contributed by atoms with van der Waals surface area (Å²) < 4.78 is 14.3. The Morgan fingerprint density at radius 1 is 1.33 bits per heavy atom. The molecule has 1 saturated heterocycles. The Morgan fingerprint density at radius 3 is 2.57 bits per heavy atom. The van der Waals surface area contributed by atoms with Gasteiger partial charge in [0.05, 0.1) is 4.47 Å². The monoisotopic (exact) mass is 356 g/mol. The van der Waals surface area contributed by atoms with Crippen LogP contribution in [0.4, 0.5) is 10.1 Å². The summed E-state index contributed by atoms with van der Waals surface area (Å²) in [5, 5.41) is 3.75. The Labute approximate surface area is 136 Å². The molecule has 1 aromatic rings. The number of nitrogens with zero attached hydrogens (tertiary/aromatic N) is 1. The number of rotatable bonds is 4. The molecule has 1 aliphatic rings. The first-order valence-electron chi connectivity index (χ1n) is 7.93. The van der Waals surface area contributed by atoms with Crippen LogP contribution in [-0.4, -0.2) is 24.7 Å². The fourth-order valence-electron chi connectivity index (χ4n) is 3.27. The summed E-state index contributed by atoms with van der Waals surface area (Å²) in [6.45, 7) is 10.7. The minimum Gasteiger partial charge on any atom is -0.365 e. The fraction of sp³-hybridized carbons (Fsp3) is 0.647. The largest absolute Gasteiger partial charge is 0.365 e. The first-order chi connectivity index (χ1) is 9.96. The van der Waals surface area contributed by atoms with Gasteiger partial charge in [-0.2, -0.15) is 0 Å². The van der Waals surface area contributed by atoms with Gasteiger partial charge in [0.25, 0.3) is 0 Å². The number of hydrogen-bond donors (Lipinski definition) is 1. The molecule has 4 heteroatoms. The van der Waals surface area contributed by atoms with Crippen molar-refractivity contribution < 1.29 is 4.39 Å². The molecule has 0 saturated carbocycles. The van der Waals surface area contributed by atoms with E-state index in [0.717, 1.165) is 43.6 Å². The van der Waals surface area contributed by atoms with Crippen molar-refractivity contribution in [1.29, 1.82) is 0 Å². The predicted octanol–water partition coefficient (Wildman–Crippen LogP) is 4.64. The van der Waals surface area contributed by atoms with Gasteiger partial charge in [0, 0.05) is 30.4 Å². The highest BCUT2D eigenvalue weighted by atomic mass is 79.9. The molecule has 1 fully saturated rings. The Morgan fingerprint density at radius 2 is 2.00 bits per heavy atom. The van der Waals surface area contributed by atoms with Gasteiger partial charge in [-0.3, -0.25) is 0 Å². The lowest BCUT2D eigenvalue weighted by molar-refractivity contribution is 0.246. The number of piperazine rings is 1. The molecule has 2 nitrogen and oxygen atoms in total. The number of anilines is 1. The summed E-state index contributed by atoms with van der Waals surface area (Å²) in [5.74, 6) is -0.184. The third-order valence-corrected chi connectivity index (χ3v) is 5.61. The smallest absolute Gasteiger partial charge is 0.137 e. The van der Waals surface area contributed by atoms with E-state index in [1.165, 1.54) is 0 Å². The van der Waals surface area contributed by atoms with E-state index in [4.69, 9.17) is 0 Å². The maximum atomic E-state index is 13.7. The molecule has 1 atom stereocenters. The standard InChI is InChI=1S/C17H26BrFN2/c1-5-13-10-20-17(6-2,7-3)11-21(13)16-9-14(18)15(19)8-12(16)4/h8-9,13,20H,5-7,10-11H2,1-4H3. The average molecular weight is 357 g/mol. The molecule has 0 aliphatic carbocycles. The second kappa shape index (κ2) is 6.66. The SMILES string of the molecule is CCC1CNC(CC)(CC)CN1c1cc(Br)c(F)cc1C. The Kier molecular flexibility index (Phi) is 5.31. The first kappa shape index (κ1) is 16.8. The Hall–Kier alpha value is -0.610. The van der Waals surface area contributed by atoms with Crippen LogP contribution in [0.3, 0.4) is 0 Å². The van der Waals surface area contributed by atoms with E-state index in [2.05, 4.69) is 46.9 Å². The van der Waals surface area contributed by atoms with Crippen molar-refractivity contribution in [2.45, 2.75) is 58.5 Å². The van der Waals surface area contributed by atoms with Crippen molar-refractivity contribution in [3.63, 3.8) is 0 Å². The maximum Gasteiger partial charge on any atom is 0.137 e. The molecule has 0 bridgehead atoms. The zero-order valence-corrected chi connectivity index (χ0v) is 15.1. The first-order valence-corrected chi connectivity index (χ1v) is 8.73. The molecule has 1 heterocycles. The zero-order valence-electron chi connectivity index (χ0n) is 13.5. The lowest BCUT2D eigenvalue weighted by Crippen LogP contribution is -2.64. The van der Waals surface area contributed by atoms with Crippen molar-refractivity contribution in [2.75, 3.05) is 18.0 Å². The van der Waals surface area contributed by atoms with Crippen molar-refractivity contribution >= 4 is 21.6 Å². The van der Waals surface area contributed by atoms with E-state index in [0.29, 0.717) is 10.5 Å². The molecule has 1 aromatic carbocycles. The van der Waals surface area contributed by atoms with Crippen LogP contribution in [0, 0.1) is 12.7 Å². The Balaban J connectivity index is 2.40. The molecule has 1 N–H and O–H groups in total. The maximum absolute atomic E-state index is 13.7. The van der Waals surface area contributed by atoms with E-state index in [1.807, 2.05) is 13.0 Å². The van der Waals surface area contributed by atoms with Gasteiger partial charge in [0.2, 0.25) is 0 Å². The van der Waals surface area contributed by atoms with Gasteiger partial charge < -0.3 is 10.2 Å². The van der Waals surface area contributed by atoms with E-state index in [9.17, 15) is 4.39 Å². The van der Waals surface area contributed by atoms with Gasteiger partial charge >= 0.3 is 0 Å². The van der Waals surface area contributed by atoms with Crippen molar-refractivity contribution in [1.82, 2.24) is 5.32 Å². The van der Waals surface area contributed by atoms with Crippen LogP contribution >= 0.6 is 15.9 Å². The van der Waals surface area contributed by atoms with Crippen molar-refractivity contribution in [2.24, 2.45) is 0 Å². The molecule has 118 valence electrons. The summed E-state index contributed by atoms with van der Waals surface area (Å²) in [6, 6.07) is 4.04. The zero-order chi connectivity index (χ0) is 15.6. The van der Waals surface area contributed by atoms with E-state index in [-0.39, 0.29) is 11.4 Å². The van der Waals surface area contributed by atoms with Crippen LogP contribution in [0.15, 0.2) is 16.6 Å². The summed E-state index contributed by atoms with van der Waals surface area (Å²) in [4.78, 5) is 2.48. The summed E-state index contributed by atoms with van der Waals surface area (Å²) in [7, 11) is 0. The van der Waals surface area contributed by atoms with Gasteiger partial charge in [-0.25, -0.2) is 4.39 Å². The van der Waals surface area contributed by atoms with Crippen molar-refractivity contribution in [3.05, 3.63) is 28.0 Å². The van der Waals surface area contributed by atoms with Crippen molar-refractivity contribution in [3.8, 4) is 0 Å². The van der Waals surface area contributed by atoms with Gasteiger partial charge in [-0.1, -0.05) is 20.8 Å². The highest BCUT2D eigenvalue weighted by molar-refractivity contribution is 9.10. The molecule has 0 radical (unpaired) electrons. The van der Waals surface area contributed by atoms with Crippen LogP contribution in [0.25, 0.3) is 0 Å². The average Bonchev–Trinajstić information content (AvgIpc) is 2.50. The lowest BCUT2D eigenvalue weighted by Gasteiger charge is -2.49. The molecule has 21 heavy (non-hydrogen) atoms. The van der Waals surface area contributed by atoms with E-state index < -0.39 is 0 Å². The van der Waals surface area contributed by atoms with E-state index in [1.54, 1.807) is 6.07 Å². The minimum absolute atomic E-state index is 0.166. The third-order valence-electron chi connectivity index (χ3n) is 5.00. The number of halogens is 2. The second-order valence-electron chi connectivity index (χ2n) is 6.11. The molecule has 0 amide bonds. The quantitative estimate of drug-likeness (QED) is 0.844. The van der Waals surface area contributed by atoms with Gasteiger partial charge in [0.15, 0.2) is 0 Å². The fourth-order valence-corrected chi connectivity index (χ4v) is 3.60. The molecule has 0 aromatic heterocycles. The van der Waals surface area contributed by atoms with Crippen LogP contribution in [0.5, 0.6) is 0 Å². The molecule has 2 rings (SSSR count). The van der Waals surface area contributed by atoms with Gasteiger partial charge in [-0.05, 0) is 59.8 Å². The molecule has 0 spiro atoms. The molecule has 1 unspecified atom stereocenters. The van der Waals surface area contributed by atoms with Crippen LogP contribution in [-0.2, 0) is 0 Å². The molecular formula is C17H26BrFN2. The number of benzene rings is 1. The van der Waals surface area contributed by atoms with Gasteiger partial charge in [0.1, 0.15) is 5.82 Å². The highest BCUT2D eigenvalue weighted by Crippen LogP contribution is 2.33. The number of hydrogen-bond acceptors (Lipinski definition) is 2.